The van der Waals surface area contributed by atoms with Crippen molar-refractivity contribution in [1.29, 1.82) is 0 Å². The summed E-state index contributed by atoms with van der Waals surface area (Å²) in [6.07, 6.45) is 5.75. The van der Waals surface area contributed by atoms with Crippen LogP contribution in [0, 0.1) is 11.2 Å². The van der Waals surface area contributed by atoms with Gasteiger partial charge in [0.2, 0.25) is 0 Å². The zero-order valence-corrected chi connectivity index (χ0v) is 12.6. The first-order valence-electron chi connectivity index (χ1n) is 7.33. The Morgan fingerprint density at radius 3 is 2.80 bits per heavy atom. The third-order valence-electron chi connectivity index (χ3n) is 4.48. The van der Waals surface area contributed by atoms with E-state index in [0.29, 0.717) is 23.2 Å². The van der Waals surface area contributed by atoms with E-state index in [-0.39, 0.29) is 5.82 Å². The number of halogens is 2. The molecule has 0 amide bonds. The smallest absolute Gasteiger partial charge is 0.151 e. The van der Waals surface area contributed by atoms with E-state index >= 15 is 0 Å². The average molecular weight is 295 g/mol. The number of aryl methyl sites for hydroxylation is 1. The Kier molecular flexibility index (Phi) is 3.72. The highest BCUT2D eigenvalue weighted by atomic mass is 35.5. The molecule has 4 heteroatoms. The van der Waals surface area contributed by atoms with Crippen LogP contribution >= 0.6 is 11.6 Å². The van der Waals surface area contributed by atoms with Crippen molar-refractivity contribution in [2.45, 2.75) is 45.6 Å². The van der Waals surface area contributed by atoms with Crippen LogP contribution in [0.15, 0.2) is 18.2 Å². The molecule has 108 valence electrons. The minimum atomic E-state index is -0.242. The van der Waals surface area contributed by atoms with E-state index in [1.54, 1.807) is 6.07 Å². The van der Waals surface area contributed by atoms with Crippen molar-refractivity contribution in [2.75, 3.05) is 5.88 Å². The maximum atomic E-state index is 13.9. The molecule has 0 spiro atoms. The third-order valence-corrected chi connectivity index (χ3v) is 4.67. The highest BCUT2D eigenvalue weighted by molar-refractivity contribution is 6.17. The van der Waals surface area contributed by atoms with Gasteiger partial charge in [-0.3, -0.25) is 0 Å². The molecule has 1 aliphatic carbocycles. The molecule has 0 N–H and O–H groups in total. The number of rotatable bonds is 4. The summed E-state index contributed by atoms with van der Waals surface area (Å²) in [4.78, 5) is 4.48. The molecular formula is C16H20ClFN2. The first-order valence-corrected chi connectivity index (χ1v) is 7.86. The molecule has 20 heavy (non-hydrogen) atoms. The van der Waals surface area contributed by atoms with Crippen LogP contribution in [-0.2, 0) is 13.0 Å². The average Bonchev–Trinajstić information content (AvgIpc) is 2.98. The summed E-state index contributed by atoms with van der Waals surface area (Å²) in [6, 6.07) is 5.19. The number of benzene rings is 1. The Balaban J connectivity index is 2.06. The molecule has 0 saturated heterocycles. The third kappa shape index (κ3) is 2.44. The number of hydrogen-bond donors (Lipinski definition) is 0. The van der Waals surface area contributed by atoms with Gasteiger partial charge in [-0.05, 0) is 30.4 Å². The van der Waals surface area contributed by atoms with E-state index in [2.05, 4.69) is 16.5 Å². The van der Waals surface area contributed by atoms with Crippen molar-refractivity contribution in [3.63, 3.8) is 0 Å². The number of nitrogens with zero attached hydrogens (tertiary/aromatic N) is 2. The van der Waals surface area contributed by atoms with Gasteiger partial charge in [0.05, 0.1) is 5.52 Å². The largest absolute Gasteiger partial charge is 0.327 e. The van der Waals surface area contributed by atoms with Gasteiger partial charge in [0, 0.05) is 18.8 Å². The Hall–Kier alpha value is -1.09. The van der Waals surface area contributed by atoms with Crippen LogP contribution in [0.5, 0.6) is 0 Å². The molecular weight excluding hydrogens is 275 g/mol. The number of aromatic nitrogens is 2. The Bertz CT molecular complexity index is 614. The minimum absolute atomic E-state index is 0.242. The van der Waals surface area contributed by atoms with E-state index in [0.717, 1.165) is 17.9 Å². The van der Waals surface area contributed by atoms with E-state index in [4.69, 9.17) is 11.6 Å². The topological polar surface area (TPSA) is 17.8 Å². The molecule has 2 nitrogen and oxygen atoms in total. The second kappa shape index (κ2) is 5.36. The molecule has 0 aliphatic heterocycles. The van der Waals surface area contributed by atoms with Gasteiger partial charge in [-0.2, -0.15) is 0 Å². The molecule has 0 unspecified atom stereocenters. The van der Waals surface area contributed by atoms with Crippen molar-refractivity contribution < 1.29 is 4.39 Å². The summed E-state index contributed by atoms with van der Waals surface area (Å²) in [5.41, 5.74) is 1.69. The van der Waals surface area contributed by atoms with Gasteiger partial charge in [-0.1, -0.05) is 25.8 Å². The standard InChI is InChI=1S/C16H20ClFN2/c1-16(8-2-3-9-16)11-20-13-6-4-5-12(18)15(13)19-14(20)7-10-17/h4-6H,2-3,7-11H2,1H3. The normalized spacial score (nSPS) is 17.9. The number of fused-ring (bicyclic) bond motifs is 1. The molecule has 1 aliphatic rings. The molecule has 1 heterocycles. The summed E-state index contributed by atoms with van der Waals surface area (Å²) in [7, 11) is 0. The summed E-state index contributed by atoms with van der Waals surface area (Å²) in [5.74, 6) is 1.18. The van der Waals surface area contributed by atoms with Crippen molar-refractivity contribution in [3.05, 3.63) is 29.8 Å². The minimum Gasteiger partial charge on any atom is -0.327 e. The summed E-state index contributed by atoms with van der Waals surface area (Å²) in [6.45, 7) is 3.24. The van der Waals surface area contributed by atoms with E-state index in [1.165, 1.54) is 31.7 Å². The Morgan fingerprint density at radius 1 is 1.35 bits per heavy atom. The molecule has 1 aromatic heterocycles. The predicted molar refractivity (Wildman–Crippen MR) is 80.7 cm³/mol. The second-order valence-corrected chi connectivity index (χ2v) is 6.56. The quantitative estimate of drug-likeness (QED) is 0.757. The van der Waals surface area contributed by atoms with E-state index in [1.807, 2.05) is 6.07 Å². The fourth-order valence-electron chi connectivity index (χ4n) is 3.38. The summed E-state index contributed by atoms with van der Waals surface area (Å²) >= 11 is 5.88. The lowest BCUT2D eigenvalue weighted by Gasteiger charge is -2.25. The van der Waals surface area contributed by atoms with Gasteiger partial charge < -0.3 is 4.57 Å². The summed E-state index contributed by atoms with van der Waals surface area (Å²) < 4.78 is 16.1. The zero-order valence-electron chi connectivity index (χ0n) is 11.8. The van der Waals surface area contributed by atoms with Crippen LogP contribution in [0.3, 0.4) is 0 Å². The van der Waals surface area contributed by atoms with Crippen molar-refractivity contribution in [2.24, 2.45) is 5.41 Å². The maximum absolute atomic E-state index is 13.9. The van der Waals surface area contributed by atoms with Gasteiger partial charge in [0.25, 0.3) is 0 Å². The van der Waals surface area contributed by atoms with Gasteiger partial charge in [0.15, 0.2) is 5.82 Å². The zero-order chi connectivity index (χ0) is 14.2. The van der Waals surface area contributed by atoms with Crippen LogP contribution in [0.25, 0.3) is 11.0 Å². The molecule has 0 bridgehead atoms. The van der Waals surface area contributed by atoms with E-state index < -0.39 is 0 Å². The van der Waals surface area contributed by atoms with Crippen LogP contribution in [0.2, 0.25) is 0 Å². The van der Waals surface area contributed by atoms with E-state index in [9.17, 15) is 4.39 Å². The molecule has 1 saturated carbocycles. The van der Waals surface area contributed by atoms with Crippen LogP contribution in [-0.4, -0.2) is 15.4 Å². The maximum Gasteiger partial charge on any atom is 0.151 e. The monoisotopic (exact) mass is 294 g/mol. The number of imidazole rings is 1. The Labute approximate surface area is 123 Å². The fraction of sp³-hybridized carbons (Fsp3) is 0.562. The fourth-order valence-corrected chi connectivity index (χ4v) is 3.55. The van der Waals surface area contributed by atoms with Crippen LogP contribution in [0.4, 0.5) is 4.39 Å². The van der Waals surface area contributed by atoms with Gasteiger partial charge >= 0.3 is 0 Å². The lowest BCUT2D eigenvalue weighted by Crippen LogP contribution is -2.21. The molecule has 2 aromatic rings. The van der Waals surface area contributed by atoms with Crippen LogP contribution < -0.4 is 0 Å². The molecule has 1 aromatic carbocycles. The van der Waals surface area contributed by atoms with Crippen LogP contribution in [0.1, 0.15) is 38.4 Å². The van der Waals surface area contributed by atoms with Gasteiger partial charge in [-0.25, -0.2) is 9.37 Å². The molecule has 3 rings (SSSR count). The number of para-hydroxylation sites is 1. The van der Waals surface area contributed by atoms with Crippen molar-refractivity contribution >= 4 is 22.6 Å². The lowest BCUT2D eigenvalue weighted by molar-refractivity contribution is 0.282. The van der Waals surface area contributed by atoms with Crippen molar-refractivity contribution in [1.82, 2.24) is 9.55 Å². The molecule has 0 radical (unpaired) electrons. The van der Waals surface area contributed by atoms with Gasteiger partial charge in [0.1, 0.15) is 11.3 Å². The van der Waals surface area contributed by atoms with Crippen molar-refractivity contribution in [3.8, 4) is 0 Å². The molecule has 0 atom stereocenters. The Morgan fingerprint density at radius 2 is 2.10 bits per heavy atom. The first-order chi connectivity index (χ1) is 9.63. The predicted octanol–water partition coefficient (Wildman–Crippen LogP) is 4.54. The number of alkyl halides is 1. The lowest BCUT2D eigenvalue weighted by atomic mass is 9.88. The molecule has 1 fully saturated rings. The highest BCUT2D eigenvalue weighted by Crippen LogP contribution is 2.40. The first kappa shape index (κ1) is 13.9. The highest BCUT2D eigenvalue weighted by Gasteiger charge is 2.30. The number of hydrogen-bond acceptors (Lipinski definition) is 1. The summed E-state index contributed by atoms with van der Waals surface area (Å²) in [5, 5.41) is 0. The van der Waals surface area contributed by atoms with Gasteiger partial charge in [-0.15, -0.1) is 11.6 Å². The SMILES string of the molecule is CC1(Cn2c(CCCl)nc3c(F)cccc32)CCCC1. The second-order valence-electron chi connectivity index (χ2n) is 6.18.